The predicted molar refractivity (Wildman–Crippen MR) is 148 cm³/mol. The topological polar surface area (TPSA) is 54.2 Å². The molecule has 2 heterocycles. The van der Waals surface area contributed by atoms with Gasteiger partial charge in [0, 0.05) is 12.6 Å². The zero-order chi connectivity index (χ0) is 25.1. The maximum Gasteiger partial charge on any atom is 0.156 e. The Balaban J connectivity index is 1.58. The summed E-state index contributed by atoms with van der Waals surface area (Å²) in [6, 6.07) is 8.54. The number of hydrogen-bond acceptors (Lipinski definition) is 4. The van der Waals surface area contributed by atoms with Crippen LogP contribution < -0.4 is 10.6 Å². The molecule has 1 unspecified atom stereocenters. The lowest BCUT2D eigenvalue weighted by molar-refractivity contribution is 0.625. The fourth-order valence-corrected chi connectivity index (χ4v) is 4.83. The molecule has 0 amide bonds. The molecule has 3 aromatic rings. The third kappa shape index (κ3) is 4.85. The van der Waals surface area contributed by atoms with E-state index in [0.29, 0.717) is 6.54 Å². The van der Waals surface area contributed by atoms with Gasteiger partial charge in [0.15, 0.2) is 5.65 Å². The minimum Gasteiger partial charge on any atom is -0.380 e. The smallest absolute Gasteiger partial charge is 0.156 e. The van der Waals surface area contributed by atoms with Gasteiger partial charge in [-0.15, -0.1) is 0 Å². The van der Waals surface area contributed by atoms with Gasteiger partial charge in [0.1, 0.15) is 0 Å². The predicted octanol–water partition coefficient (Wildman–Crippen LogP) is 6.40. The van der Waals surface area contributed by atoms with E-state index in [1.165, 1.54) is 27.8 Å². The molecule has 5 heteroatoms. The summed E-state index contributed by atoms with van der Waals surface area (Å²) in [5, 5.41) is 11.6. The molecule has 0 saturated carbocycles. The lowest BCUT2D eigenvalue weighted by Gasteiger charge is -2.20. The average molecular weight is 466 g/mol. The Bertz CT molecular complexity index is 1370. The highest BCUT2D eigenvalue weighted by molar-refractivity contribution is 5.70. The lowest BCUT2D eigenvalue weighted by atomic mass is 9.94. The van der Waals surface area contributed by atoms with E-state index in [2.05, 4.69) is 73.6 Å². The number of nitrogens with one attached hydrogen (secondary N) is 2. The second-order valence-corrected chi connectivity index (χ2v) is 9.12. The Morgan fingerprint density at radius 3 is 2.69 bits per heavy atom. The first-order chi connectivity index (χ1) is 16.8. The summed E-state index contributed by atoms with van der Waals surface area (Å²) in [7, 11) is 0. The fraction of sp³-hybridized carbons (Fsp3) is 0.267. The number of rotatable bonds is 9. The SMILES string of the molecule is C=C(NCC(/C=C\C)=C/C)c1cc(C(=C)NC2CCc3c2ccc(C(=C)C)c3C)n2nccc2n1. The summed E-state index contributed by atoms with van der Waals surface area (Å²) in [6.07, 6.45) is 10.0. The van der Waals surface area contributed by atoms with Gasteiger partial charge in [-0.3, -0.25) is 0 Å². The van der Waals surface area contributed by atoms with E-state index in [9.17, 15) is 0 Å². The van der Waals surface area contributed by atoms with Crippen LogP contribution in [-0.4, -0.2) is 21.1 Å². The van der Waals surface area contributed by atoms with Crippen LogP contribution in [-0.2, 0) is 6.42 Å². The quantitative estimate of drug-likeness (QED) is 0.359. The first kappa shape index (κ1) is 24.3. The Labute approximate surface area is 208 Å². The van der Waals surface area contributed by atoms with Crippen molar-refractivity contribution < 1.29 is 0 Å². The molecular formula is C30H35N5. The number of benzene rings is 1. The van der Waals surface area contributed by atoms with Crippen molar-refractivity contribution in [3.63, 3.8) is 0 Å². The monoisotopic (exact) mass is 465 g/mol. The maximum absolute atomic E-state index is 4.76. The highest BCUT2D eigenvalue weighted by Crippen LogP contribution is 2.37. The normalized spacial score (nSPS) is 15.4. The number of fused-ring (bicyclic) bond motifs is 2. The van der Waals surface area contributed by atoms with Gasteiger partial charge >= 0.3 is 0 Å². The maximum atomic E-state index is 4.76. The van der Waals surface area contributed by atoms with Crippen molar-refractivity contribution in [2.45, 2.75) is 46.6 Å². The molecule has 0 fully saturated rings. The van der Waals surface area contributed by atoms with Crippen LogP contribution >= 0.6 is 0 Å². The number of allylic oxidation sites excluding steroid dienone is 3. The van der Waals surface area contributed by atoms with Crippen molar-refractivity contribution in [3.8, 4) is 0 Å². The lowest BCUT2D eigenvalue weighted by Crippen LogP contribution is -2.20. The van der Waals surface area contributed by atoms with Crippen molar-refractivity contribution in [2.75, 3.05) is 6.54 Å². The highest BCUT2D eigenvalue weighted by atomic mass is 15.3. The number of nitrogens with zero attached hydrogens (tertiary/aromatic N) is 3. The highest BCUT2D eigenvalue weighted by Gasteiger charge is 2.26. The van der Waals surface area contributed by atoms with Crippen LogP contribution in [0.25, 0.3) is 22.6 Å². The Hall–Kier alpha value is -3.86. The molecule has 2 N–H and O–H groups in total. The van der Waals surface area contributed by atoms with Gasteiger partial charge < -0.3 is 10.6 Å². The van der Waals surface area contributed by atoms with Crippen LogP contribution in [0.2, 0.25) is 0 Å². The Morgan fingerprint density at radius 2 is 1.97 bits per heavy atom. The number of hydrogen-bond donors (Lipinski definition) is 2. The van der Waals surface area contributed by atoms with Crippen LogP contribution in [0.3, 0.4) is 0 Å². The van der Waals surface area contributed by atoms with Gasteiger partial charge in [-0.05, 0) is 74.4 Å². The summed E-state index contributed by atoms with van der Waals surface area (Å²) < 4.78 is 1.83. The molecule has 1 aliphatic carbocycles. The van der Waals surface area contributed by atoms with Gasteiger partial charge in [-0.2, -0.15) is 5.10 Å². The van der Waals surface area contributed by atoms with E-state index in [-0.39, 0.29) is 6.04 Å². The second kappa shape index (κ2) is 10.2. The van der Waals surface area contributed by atoms with E-state index in [1.807, 2.05) is 36.6 Å². The van der Waals surface area contributed by atoms with Gasteiger partial charge in [0.2, 0.25) is 0 Å². The van der Waals surface area contributed by atoms with E-state index in [4.69, 9.17) is 4.98 Å². The van der Waals surface area contributed by atoms with Gasteiger partial charge in [0.05, 0.1) is 35.0 Å². The molecule has 180 valence electrons. The van der Waals surface area contributed by atoms with Crippen LogP contribution in [0.4, 0.5) is 0 Å². The van der Waals surface area contributed by atoms with E-state index < -0.39 is 0 Å². The zero-order valence-corrected chi connectivity index (χ0v) is 21.3. The summed E-state index contributed by atoms with van der Waals surface area (Å²) >= 11 is 0. The molecule has 0 aliphatic heterocycles. The van der Waals surface area contributed by atoms with Crippen LogP contribution in [0.15, 0.2) is 74.0 Å². The van der Waals surface area contributed by atoms with Gasteiger partial charge in [-0.1, -0.05) is 55.7 Å². The largest absolute Gasteiger partial charge is 0.380 e. The van der Waals surface area contributed by atoms with Crippen LogP contribution in [0.1, 0.15) is 66.9 Å². The van der Waals surface area contributed by atoms with Crippen molar-refractivity contribution >= 4 is 22.6 Å². The van der Waals surface area contributed by atoms with Crippen molar-refractivity contribution in [2.24, 2.45) is 0 Å². The van der Waals surface area contributed by atoms with E-state index >= 15 is 0 Å². The average Bonchev–Trinajstić information content (AvgIpc) is 3.48. The van der Waals surface area contributed by atoms with Gasteiger partial charge in [0.25, 0.3) is 0 Å². The van der Waals surface area contributed by atoms with Crippen molar-refractivity contribution in [3.05, 3.63) is 108 Å². The molecule has 35 heavy (non-hydrogen) atoms. The molecule has 1 atom stereocenters. The molecule has 0 radical (unpaired) electrons. The zero-order valence-electron chi connectivity index (χ0n) is 21.3. The fourth-order valence-electron chi connectivity index (χ4n) is 4.83. The molecule has 2 aromatic heterocycles. The summed E-state index contributed by atoms with van der Waals surface area (Å²) in [4.78, 5) is 4.76. The molecule has 1 aromatic carbocycles. The Kier molecular flexibility index (Phi) is 7.06. The van der Waals surface area contributed by atoms with E-state index in [0.717, 1.165) is 46.8 Å². The Morgan fingerprint density at radius 1 is 1.17 bits per heavy atom. The first-order valence-corrected chi connectivity index (χ1v) is 12.1. The van der Waals surface area contributed by atoms with Crippen molar-refractivity contribution in [1.29, 1.82) is 0 Å². The van der Waals surface area contributed by atoms with Crippen molar-refractivity contribution in [1.82, 2.24) is 25.2 Å². The molecule has 0 bridgehead atoms. The molecule has 1 aliphatic rings. The number of aromatic nitrogens is 3. The third-order valence-corrected chi connectivity index (χ3v) is 6.74. The molecule has 5 nitrogen and oxygen atoms in total. The molecular weight excluding hydrogens is 430 g/mol. The minimum absolute atomic E-state index is 0.206. The van der Waals surface area contributed by atoms with Crippen LogP contribution in [0.5, 0.6) is 0 Å². The van der Waals surface area contributed by atoms with Crippen LogP contribution in [0, 0.1) is 6.92 Å². The summed E-state index contributed by atoms with van der Waals surface area (Å²) in [6.45, 7) is 21.8. The summed E-state index contributed by atoms with van der Waals surface area (Å²) in [5.74, 6) is 0. The first-order valence-electron chi connectivity index (χ1n) is 12.1. The summed E-state index contributed by atoms with van der Waals surface area (Å²) in [5.41, 5.74) is 11.7. The third-order valence-electron chi connectivity index (χ3n) is 6.74. The molecule has 0 saturated heterocycles. The second-order valence-electron chi connectivity index (χ2n) is 9.12. The van der Waals surface area contributed by atoms with Gasteiger partial charge in [-0.25, -0.2) is 9.50 Å². The minimum atomic E-state index is 0.206. The van der Waals surface area contributed by atoms with E-state index in [1.54, 1.807) is 6.20 Å². The molecule has 4 rings (SSSR count). The molecule has 0 spiro atoms. The standard InChI is InChI=1S/C30H35N5/c1-8-10-23(9-2)18-31-21(6)28-17-29(35-30(34-28)15-16-32-35)22(7)33-27-14-13-25-20(5)24(19(3)4)11-12-26(25)27/h8-12,15-17,27,31,33H,3,6-7,13-14,18H2,1-2,4-5H3/b10-8-,23-9+.